The minimum absolute atomic E-state index is 0.0989. The van der Waals surface area contributed by atoms with E-state index in [0.717, 1.165) is 5.69 Å². The highest BCUT2D eigenvalue weighted by molar-refractivity contribution is 6.16. The third-order valence-corrected chi connectivity index (χ3v) is 10.0. The molecule has 1 aliphatic rings. The molecule has 0 radical (unpaired) electrons. The van der Waals surface area contributed by atoms with Gasteiger partial charge in [0.05, 0.1) is 11.4 Å². The van der Waals surface area contributed by atoms with Gasteiger partial charge in [0.1, 0.15) is 0 Å². The molecule has 0 fully saturated rings. The first-order valence-corrected chi connectivity index (χ1v) is 16.1. The van der Waals surface area contributed by atoms with Gasteiger partial charge in [0.25, 0.3) is 0 Å². The van der Waals surface area contributed by atoms with E-state index in [2.05, 4.69) is 183 Å². The zero-order chi connectivity index (χ0) is 30.8. The van der Waals surface area contributed by atoms with Crippen LogP contribution in [0.25, 0.3) is 54.6 Å². The molecular formula is C45H33N. The molecule has 0 spiro atoms. The van der Waals surface area contributed by atoms with E-state index in [1.54, 1.807) is 0 Å². The Balaban J connectivity index is 1.36. The smallest absolute Gasteiger partial charge is 0.0546 e. The first-order chi connectivity index (χ1) is 22.6. The van der Waals surface area contributed by atoms with Crippen LogP contribution in [0.15, 0.2) is 164 Å². The van der Waals surface area contributed by atoms with Crippen LogP contribution in [-0.4, -0.2) is 0 Å². The lowest BCUT2D eigenvalue weighted by Gasteiger charge is -2.31. The first kappa shape index (κ1) is 26.7. The van der Waals surface area contributed by atoms with Crippen LogP contribution in [-0.2, 0) is 5.41 Å². The summed E-state index contributed by atoms with van der Waals surface area (Å²) in [4.78, 5) is 2.51. The summed E-state index contributed by atoms with van der Waals surface area (Å²) in [6, 6.07) is 60.2. The third kappa shape index (κ3) is 3.95. The molecule has 0 aliphatic heterocycles. The molecule has 0 saturated carbocycles. The molecule has 0 atom stereocenters. The normalized spacial score (nSPS) is 13.2. The predicted molar refractivity (Wildman–Crippen MR) is 197 cm³/mol. The molecule has 0 bridgehead atoms. The number of nitrogens with zero attached hydrogens (tertiary/aromatic N) is 1. The van der Waals surface area contributed by atoms with E-state index in [-0.39, 0.29) is 5.41 Å². The average molecular weight is 588 g/mol. The van der Waals surface area contributed by atoms with Crippen molar-refractivity contribution in [3.05, 3.63) is 175 Å². The first-order valence-electron chi connectivity index (χ1n) is 16.1. The molecule has 0 unspecified atom stereocenters. The summed E-state index contributed by atoms with van der Waals surface area (Å²) in [6.45, 7) is 4.72. The summed E-state index contributed by atoms with van der Waals surface area (Å²) in [5, 5.41) is 7.48. The largest absolute Gasteiger partial charge is 0.309 e. The highest BCUT2D eigenvalue weighted by Gasteiger charge is 2.36. The van der Waals surface area contributed by atoms with E-state index >= 15 is 0 Å². The van der Waals surface area contributed by atoms with Gasteiger partial charge in [-0.25, -0.2) is 0 Å². The summed E-state index contributed by atoms with van der Waals surface area (Å²) < 4.78 is 0. The van der Waals surface area contributed by atoms with Crippen molar-refractivity contribution in [2.24, 2.45) is 0 Å². The van der Waals surface area contributed by atoms with Crippen LogP contribution in [0.4, 0.5) is 17.1 Å². The van der Waals surface area contributed by atoms with Crippen LogP contribution in [0, 0.1) is 0 Å². The average Bonchev–Trinajstić information content (AvgIpc) is 3.34. The molecule has 0 heterocycles. The van der Waals surface area contributed by atoms with Gasteiger partial charge in [-0.3, -0.25) is 0 Å². The Morgan fingerprint density at radius 1 is 0.391 bits per heavy atom. The number of rotatable bonds is 4. The van der Waals surface area contributed by atoms with Crippen LogP contribution in [0.3, 0.4) is 0 Å². The molecule has 46 heavy (non-hydrogen) atoms. The SMILES string of the molecule is CC1(C)c2ccccc2-c2ccc(N(c3ccc(-c4ccccc4)c4ccccc34)c3cc4ccccc4c4ccccc34)cc21. The Labute approximate surface area is 270 Å². The summed E-state index contributed by atoms with van der Waals surface area (Å²) >= 11 is 0. The minimum Gasteiger partial charge on any atom is -0.309 e. The second-order valence-corrected chi connectivity index (χ2v) is 12.9. The zero-order valence-electron chi connectivity index (χ0n) is 26.0. The van der Waals surface area contributed by atoms with E-state index in [0.29, 0.717) is 0 Å². The minimum atomic E-state index is -0.0989. The van der Waals surface area contributed by atoms with Crippen LogP contribution >= 0.6 is 0 Å². The quantitative estimate of drug-likeness (QED) is 0.185. The zero-order valence-corrected chi connectivity index (χ0v) is 26.0. The van der Waals surface area contributed by atoms with Gasteiger partial charge in [-0.1, -0.05) is 153 Å². The molecule has 0 amide bonds. The topological polar surface area (TPSA) is 3.24 Å². The fourth-order valence-corrected chi connectivity index (χ4v) is 7.81. The van der Waals surface area contributed by atoms with E-state index in [1.165, 1.54) is 77.1 Å². The van der Waals surface area contributed by atoms with Crippen molar-refractivity contribution in [2.75, 3.05) is 4.90 Å². The molecule has 1 heteroatoms. The third-order valence-electron chi connectivity index (χ3n) is 10.0. The fraction of sp³-hybridized carbons (Fsp3) is 0.0667. The predicted octanol–water partition coefficient (Wildman–Crippen LogP) is 12.6. The number of hydrogen-bond acceptors (Lipinski definition) is 1. The summed E-state index contributed by atoms with van der Waals surface area (Å²) in [5.74, 6) is 0. The summed E-state index contributed by atoms with van der Waals surface area (Å²) in [5.41, 5.74) is 11.3. The van der Waals surface area contributed by atoms with Crippen molar-refractivity contribution in [3.8, 4) is 22.3 Å². The van der Waals surface area contributed by atoms with Crippen molar-refractivity contribution in [3.63, 3.8) is 0 Å². The van der Waals surface area contributed by atoms with Gasteiger partial charge in [0, 0.05) is 21.9 Å². The summed E-state index contributed by atoms with van der Waals surface area (Å²) in [6.07, 6.45) is 0. The highest BCUT2D eigenvalue weighted by atomic mass is 15.1. The van der Waals surface area contributed by atoms with Gasteiger partial charge in [0.15, 0.2) is 0 Å². The molecule has 8 aromatic rings. The molecule has 0 saturated heterocycles. The Hall–Kier alpha value is -5.66. The van der Waals surface area contributed by atoms with Crippen LogP contribution in [0.1, 0.15) is 25.0 Å². The monoisotopic (exact) mass is 587 g/mol. The molecule has 9 rings (SSSR count). The Morgan fingerprint density at radius 3 is 1.78 bits per heavy atom. The second-order valence-electron chi connectivity index (χ2n) is 12.9. The lowest BCUT2D eigenvalue weighted by Crippen LogP contribution is -2.17. The molecule has 0 aromatic heterocycles. The van der Waals surface area contributed by atoms with E-state index < -0.39 is 0 Å². The molecule has 0 N–H and O–H groups in total. The Bertz CT molecular complexity index is 2450. The summed E-state index contributed by atoms with van der Waals surface area (Å²) in [7, 11) is 0. The molecule has 1 aliphatic carbocycles. The maximum atomic E-state index is 2.51. The fourth-order valence-electron chi connectivity index (χ4n) is 7.81. The van der Waals surface area contributed by atoms with E-state index in [9.17, 15) is 0 Å². The molecular weight excluding hydrogens is 555 g/mol. The van der Waals surface area contributed by atoms with Crippen molar-refractivity contribution < 1.29 is 0 Å². The Morgan fingerprint density at radius 2 is 0.978 bits per heavy atom. The van der Waals surface area contributed by atoms with Gasteiger partial charge in [-0.2, -0.15) is 0 Å². The van der Waals surface area contributed by atoms with Crippen LogP contribution in [0.5, 0.6) is 0 Å². The van der Waals surface area contributed by atoms with E-state index in [4.69, 9.17) is 0 Å². The maximum absolute atomic E-state index is 2.51. The number of benzene rings is 8. The second kappa shape index (κ2) is 10.2. The van der Waals surface area contributed by atoms with Gasteiger partial charge >= 0.3 is 0 Å². The molecule has 218 valence electrons. The van der Waals surface area contributed by atoms with Crippen molar-refractivity contribution in [1.29, 1.82) is 0 Å². The standard InChI is InChI=1S/C45H33N/c1-45(2)41-23-13-12-20-37(41)38-25-24-32(29-42(38)45)46(44-28-31-16-6-7-17-33(31)35-18-9-11-22-40(35)44)43-27-26-34(30-14-4-3-5-15-30)36-19-8-10-21-39(36)43/h3-29H,1-2H3. The Kier molecular flexibility index (Phi) is 5.92. The lowest BCUT2D eigenvalue weighted by molar-refractivity contribution is 0.660. The lowest BCUT2D eigenvalue weighted by atomic mass is 9.82. The van der Waals surface area contributed by atoms with Gasteiger partial charge in [-0.05, 0) is 79.2 Å². The van der Waals surface area contributed by atoms with Crippen molar-refractivity contribution in [1.82, 2.24) is 0 Å². The van der Waals surface area contributed by atoms with Crippen molar-refractivity contribution >= 4 is 49.4 Å². The number of anilines is 3. The van der Waals surface area contributed by atoms with Gasteiger partial charge in [-0.15, -0.1) is 0 Å². The van der Waals surface area contributed by atoms with Crippen LogP contribution in [0.2, 0.25) is 0 Å². The molecule has 1 nitrogen and oxygen atoms in total. The van der Waals surface area contributed by atoms with E-state index in [1.807, 2.05) is 0 Å². The number of fused-ring (bicyclic) bond motifs is 7. The number of hydrogen-bond donors (Lipinski definition) is 0. The molecule has 8 aromatic carbocycles. The van der Waals surface area contributed by atoms with Crippen molar-refractivity contribution in [2.45, 2.75) is 19.3 Å². The van der Waals surface area contributed by atoms with Crippen LogP contribution < -0.4 is 4.90 Å². The van der Waals surface area contributed by atoms with Gasteiger partial charge in [0.2, 0.25) is 0 Å². The highest BCUT2D eigenvalue weighted by Crippen LogP contribution is 2.52. The maximum Gasteiger partial charge on any atom is 0.0546 e. The van der Waals surface area contributed by atoms with Gasteiger partial charge < -0.3 is 4.90 Å².